The van der Waals surface area contributed by atoms with Crippen LogP contribution in [0.1, 0.15) is 0 Å². The molecule has 0 radical (unpaired) electrons. The molecule has 0 saturated carbocycles. The van der Waals surface area contributed by atoms with E-state index in [2.05, 4.69) is 0 Å². The normalized spacial score (nSPS) is 6.56. The first kappa shape index (κ1) is 32.7. The average molecular weight is 217 g/mol. The Bertz CT molecular complexity index is 59.2. The number of rotatable bonds is 0. The molecule has 56 valence electrons. The van der Waals surface area contributed by atoms with Crippen molar-refractivity contribution >= 4 is 37.6 Å². The van der Waals surface area contributed by atoms with Crippen LogP contribution in [0.4, 0.5) is 0 Å². The molecule has 0 aliphatic rings. The molecule has 7 nitrogen and oxygen atoms in total. The third kappa shape index (κ3) is 538. The standard InChI is InChI=1S/AsH3O4.Mg.H3N.2H2O/c2-1(3,4)5;;;;/h(H3,2,3,4,5);;1H3;2*1H2/q;+2;;;/p-2. The molecule has 0 aliphatic carbocycles. The van der Waals surface area contributed by atoms with Gasteiger partial charge in [0, 0.05) is 0 Å². The van der Waals surface area contributed by atoms with Gasteiger partial charge in [-0.2, -0.15) is 0 Å². The maximum absolute atomic E-state index is 8.61. The molecule has 0 atom stereocenters. The van der Waals surface area contributed by atoms with Gasteiger partial charge in [0.15, 0.2) is 0 Å². The fourth-order valence-electron chi connectivity index (χ4n) is 0. The van der Waals surface area contributed by atoms with Crippen molar-refractivity contribution in [1.82, 2.24) is 6.15 Å². The third-order valence-corrected chi connectivity index (χ3v) is 0. The van der Waals surface area contributed by atoms with Crippen molar-refractivity contribution in [1.29, 1.82) is 0 Å². The van der Waals surface area contributed by atoms with Gasteiger partial charge in [0.1, 0.15) is 0 Å². The molecule has 0 unspecified atom stereocenters. The van der Waals surface area contributed by atoms with E-state index in [0.29, 0.717) is 0 Å². The fourth-order valence-corrected chi connectivity index (χ4v) is 0. The largest absolute Gasteiger partial charge is 2.00 e. The summed E-state index contributed by atoms with van der Waals surface area (Å²) in [6.07, 6.45) is 0. The summed E-state index contributed by atoms with van der Waals surface area (Å²) in [5, 5.41) is 0. The first-order valence-corrected chi connectivity index (χ1v) is 3.79. The van der Waals surface area contributed by atoms with Crippen molar-refractivity contribution in [2.75, 3.05) is 0 Å². The van der Waals surface area contributed by atoms with E-state index in [0.717, 1.165) is 0 Å². The number of hydrogen-bond acceptors (Lipinski definition) is 4. The van der Waals surface area contributed by atoms with E-state index < -0.39 is 14.5 Å². The van der Waals surface area contributed by atoms with Gasteiger partial charge in [0.25, 0.3) is 0 Å². The Hall–Kier alpha value is 0.885. The van der Waals surface area contributed by atoms with Crippen LogP contribution in [0.5, 0.6) is 0 Å². The fraction of sp³-hybridized carbons (Fsp3) is 0. The second-order valence-corrected chi connectivity index (χ2v) is 2.32. The maximum atomic E-state index is 8.61. The van der Waals surface area contributed by atoms with Crippen LogP contribution in [0.2, 0.25) is 0 Å². The van der Waals surface area contributed by atoms with E-state index in [1.807, 2.05) is 0 Å². The predicted molar refractivity (Wildman–Crippen MR) is 25.4 cm³/mol. The molecule has 0 aromatic heterocycles. The molecule has 0 aromatic carbocycles. The molecular weight excluding hydrogens is 209 g/mol. The molecule has 9 heavy (non-hydrogen) atoms. The first-order valence-electron chi connectivity index (χ1n) is 0.730. The van der Waals surface area contributed by atoms with E-state index in [4.69, 9.17) is 16.0 Å². The smallest absolute Gasteiger partial charge is 0.369 e. The molecule has 0 rings (SSSR count). The van der Waals surface area contributed by atoms with Crippen molar-refractivity contribution in [3.8, 4) is 0 Å². The summed E-state index contributed by atoms with van der Waals surface area (Å²) in [6.45, 7) is 0. The summed E-state index contributed by atoms with van der Waals surface area (Å²) in [5.74, 6) is 0. The van der Waals surface area contributed by atoms with Crippen molar-refractivity contribution in [2.45, 2.75) is 0 Å². The van der Waals surface area contributed by atoms with E-state index >= 15 is 0 Å². The Balaban J connectivity index is -0.0000000133. The van der Waals surface area contributed by atoms with Crippen molar-refractivity contribution in [2.24, 2.45) is 0 Å². The Kier molecular flexibility index (Phi) is 42.3. The van der Waals surface area contributed by atoms with Gasteiger partial charge in [-0.15, -0.1) is 0 Å². The van der Waals surface area contributed by atoms with Gasteiger partial charge in [-0.1, -0.05) is 0 Å². The van der Waals surface area contributed by atoms with Gasteiger partial charge >= 0.3 is 53.6 Å². The Labute approximate surface area is 70.8 Å². The number of quaternary nitrogens is 1. The monoisotopic (exact) mass is 217 g/mol. The van der Waals surface area contributed by atoms with E-state index in [1.165, 1.54) is 0 Å². The Morgan fingerprint density at radius 2 is 1.00 bits per heavy atom. The molecule has 0 bridgehead atoms. The summed E-state index contributed by atoms with van der Waals surface area (Å²) in [5.41, 5.74) is 0. The molecular formula is H8AsMgNO6. The molecule has 0 aromatic rings. The number of hydrogen-bond donors (Lipinski definition) is 1. The SMILES string of the molecule is O.O.O=[As]([O-])([O-])[O-].[Mg+2].[NH4+]. The molecule has 0 heterocycles. The zero-order valence-electron chi connectivity index (χ0n) is 4.79. The van der Waals surface area contributed by atoms with Crippen LogP contribution in [0.15, 0.2) is 0 Å². The van der Waals surface area contributed by atoms with Crippen LogP contribution < -0.4 is 18.4 Å². The van der Waals surface area contributed by atoms with Crippen LogP contribution in [0.25, 0.3) is 0 Å². The van der Waals surface area contributed by atoms with Gasteiger partial charge in [-0.25, -0.2) is 0 Å². The average Bonchev–Trinajstić information content (AvgIpc) is 0.722. The van der Waals surface area contributed by atoms with Gasteiger partial charge in [-0.3, -0.25) is 0 Å². The maximum Gasteiger partial charge on any atom is 2.00 e. The topological polar surface area (TPSA) is 186 Å². The predicted octanol–water partition coefficient (Wildman–Crippen LogP) is -5.72. The third-order valence-electron chi connectivity index (χ3n) is 0. The zero-order chi connectivity index (χ0) is 4.50. The molecule has 0 saturated heterocycles. The van der Waals surface area contributed by atoms with E-state index in [-0.39, 0.29) is 40.2 Å². The van der Waals surface area contributed by atoms with Crippen LogP contribution in [-0.4, -0.2) is 48.5 Å². The minimum atomic E-state index is -5.88. The van der Waals surface area contributed by atoms with Crippen LogP contribution in [-0.2, 0) is 3.74 Å². The molecule has 0 aliphatic heterocycles. The minimum Gasteiger partial charge on any atom is -0.369 e. The zero-order valence-corrected chi connectivity index (χ0v) is 8.08. The summed E-state index contributed by atoms with van der Waals surface area (Å²) in [4.78, 5) is 0. The first-order chi connectivity index (χ1) is 2.00. The van der Waals surface area contributed by atoms with Crippen molar-refractivity contribution in [3.05, 3.63) is 0 Å². The molecule has 9 heteroatoms. The quantitative estimate of drug-likeness (QED) is 0.396. The summed E-state index contributed by atoms with van der Waals surface area (Å²) in [6, 6.07) is 0. The second-order valence-electron chi connectivity index (χ2n) is 0.447. The van der Waals surface area contributed by atoms with E-state index in [9.17, 15) is 0 Å². The molecule has 0 amide bonds. The molecule has 0 fully saturated rings. The van der Waals surface area contributed by atoms with Gasteiger partial charge < -0.3 is 17.1 Å². The second kappa shape index (κ2) is 11.7. The van der Waals surface area contributed by atoms with Gasteiger partial charge in [0.2, 0.25) is 0 Å². The molecule has 8 N–H and O–H groups in total. The van der Waals surface area contributed by atoms with Crippen LogP contribution in [0, 0.1) is 0 Å². The molecule has 0 spiro atoms. The van der Waals surface area contributed by atoms with Crippen LogP contribution >= 0.6 is 0 Å². The van der Waals surface area contributed by atoms with Crippen molar-refractivity contribution in [3.63, 3.8) is 0 Å². The summed E-state index contributed by atoms with van der Waals surface area (Å²) < 4.78 is 34.4. The minimum absolute atomic E-state index is 0. The van der Waals surface area contributed by atoms with Crippen molar-refractivity contribution < 1.29 is 27.0 Å². The summed E-state index contributed by atoms with van der Waals surface area (Å²) in [7, 11) is 0. The summed E-state index contributed by atoms with van der Waals surface area (Å²) >= 11 is -5.88. The van der Waals surface area contributed by atoms with Crippen LogP contribution in [0.3, 0.4) is 0 Å². The Morgan fingerprint density at radius 1 is 1.00 bits per heavy atom. The Morgan fingerprint density at radius 3 is 1.00 bits per heavy atom. The van der Waals surface area contributed by atoms with Gasteiger partial charge in [0.05, 0.1) is 0 Å². The van der Waals surface area contributed by atoms with Gasteiger partial charge in [-0.05, 0) is 0 Å². The van der Waals surface area contributed by atoms with E-state index in [1.54, 1.807) is 0 Å².